The van der Waals surface area contributed by atoms with E-state index in [1.807, 2.05) is 0 Å². The minimum atomic E-state index is -4.54. The second-order valence-corrected chi connectivity index (χ2v) is 5.79. The van der Waals surface area contributed by atoms with Gasteiger partial charge in [-0.2, -0.15) is 18.4 Å². The third-order valence-corrected chi connectivity index (χ3v) is 3.63. The fraction of sp³-hybridized carbons (Fsp3) is 0.294. The highest BCUT2D eigenvalue weighted by atomic mass is 19.4. The lowest BCUT2D eigenvalue weighted by molar-refractivity contribution is -0.153. The van der Waals surface area contributed by atoms with Crippen LogP contribution < -0.4 is 21.3 Å². The highest BCUT2D eigenvalue weighted by Gasteiger charge is 2.28. The van der Waals surface area contributed by atoms with Crippen LogP contribution in [0.5, 0.6) is 5.75 Å². The molecule has 0 aliphatic rings. The molecular weight excluding hydrogens is 381 g/mol. The van der Waals surface area contributed by atoms with Crippen LogP contribution in [0.1, 0.15) is 23.2 Å². The number of hydrogen-bond acceptors (Lipinski definition) is 5. The van der Waals surface area contributed by atoms with Crippen LogP contribution >= 0.6 is 0 Å². The molecule has 3 N–H and O–H groups in total. The molecule has 0 radical (unpaired) electrons. The Kier molecular flexibility index (Phi) is 6.25. The SMILES string of the molecule is Cc1[nH]c(=O)[nH]c(=O)c1CCC(=O)Nc1ccc(OCC(F)(F)F)c(C#N)c1. The van der Waals surface area contributed by atoms with Gasteiger partial charge in [0.1, 0.15) is 11.8 Å². The zero-order valence-corrected chi connectivity index (χ0v) is 14.6. The zero-order valence-electron chi connectivity index (χ0n) is 14.6. The Hall–Kier alpha value is -3.55. The summed E-state index contributed by atoms with van der Waals surface area (Å²) in [6, 6.07) is 5.33. The van der Waals surface area contributed by atoms with Crippen molar-refractivity contribution in [3.8, 4) is 11.8 Å². The minimum Gasteiger partial charge on any atom is -0.483 e. The molecular formula is C17H15F3N4O4. The largest absolute Gasteiger partial charge is 0.483 e. The first-order valence-electron chi connectivity index (χ1n) is 7.94. The summed E-state index contributed by atoms with van der Waals surface area (Å²) in [6.07, 6.45) is -4.58. The highest BCUT2D eigenvalue weighted by molar-refractivity contribution is 5.91. The summed E-state index contributed by atoms with van der Waals surface area (Å²) in [5.41, 5.74) is -0.620. The molecule has 0 atom stereocenters. The number of carbonyl (C=O) groups excluding carboxylic acids is 1. The van der Waals surface area contributed by atoms with Crippen LogP contribution in [0.25, 0.3) is 0 Å². The third kappa shape index (κ3) is 5.73. The van der Waals surface area contributed by atoms with Crippen LogP contribution in [0.3, 0.4) is 0 Å². The standard InChI is InChI=1S/C17H15F3N4O4/c1-9-12(15(26)24-16(27)22-9)3-5-14(25)23-11-2-4-13(10(6-11)7-21)28-8-17(18,19)20/h2,4,6H,3,5,8H2,1H3,(H,23,25)(H2,22,24,26,27). The molecule has 1 aromatic carbocycles. The quantitative estimate of drug-likeness (QED) is 0.685. The lowest BCUT2D eigenvalue weighted by Crippen LogP contribution is -2.27. The Labute approximate surface area is 156 Å². The van der Waals surface area contributed by atoms with Crippen LogP contribution in [0, 0.1) is 18.3 Å². The van der Waals surface area contributed by atoms with E-state index in [1.165, 1.54) is 19.1 Å². The Morgan fingerprint density at radius 3 is 2.61 bits per heavy atom. The van der Waals surface area contributed by atoms with Crippen molar-refractivity contribution in [1.29, 1.82) is 5.26 Å². The molecule has 11 heteroatoms. The van der Waals surface area contributed by atoms with Crippen molar-refractivity contribution in [2.24, 2.45) is 0 Å². The molecule has 2 aromatic rings. The molecule has 0 bridgehead atoms. The van der Waals surface area contributed by atoms with Crippen molar-refractivity contribution in [3.63, 3.8) is 0 Å². The molecule has 28 heavy (non-hydrogen) atoms. The summed E-state index contributed by atoms with van der Waals surface area (Å²) in [7, 11) is 0. The lowest BCUT2D eigenvalue weighted by atomic mass is 10.1. The fourth-order valence-corrected chi connectivity index (χ4v) is 2.37. The average molecular weight is 396 g/mol. The second kappa shape index (κ2) is 8.43. The summed E-state index contributed by atoms with van der Waals surface area (Å²) in [5, 5.41) is 11.5. The molecule has 1 aromatic heterocycles. The Morgan fingerprint density at radius 2 is 2.00 bits per heavy atom. The highest BCUT2D eigenvalue weighted by Crippen LogP contribution is 2.25. The van der Waals surface area contributed by atoms with E-state index in [0.717, 1.165) is 6.07 Å². The van der Waals surface area contributed by atoms with Gasteiger partial charge in [0, 0.05) is 23.4 Å². The second-order valence-electron chi connectivity index (χ2n) is 5.79. The molecule has 0 aliphatic carbocycles. The van der Waals surface area contributed by atoms with Gasteiger partial charge in [-0.1, -0.05) is 0 Å². The maximum absolute atomic E-state index is 12.2. The molecule has 8 nitrogen and oxygen atoms in total. The van der Waals surface area contributed by atoms with Crippen molar-refractivity contribution in [2.75, 3.05) is 11.9 Å². The molecule has 1 heterocycles. The van der Waals surface area contributed by atoms with Crippen molar-refractivity contribution in [1.82, 2.24) is 9.97 Å². The molecule has 0 saturated heterocycles. The molecule has 148 valence electrons. The number of amides is 1. The molecule has 1 amide bonds. The number of halogens is 3. The van der Waals surface area contributed by atoms with Crippen LogP contribution in [0.2, 0.25) is 0 Å². The maximum atomic E-state index is 12.2. The summed E-state index contributed by atoms with van der Waals surface area (Å²) in [6.45, 7) is -0.0107. The number of rotatable bonds is 6. The normalized spacial score (nSPS) is 11.0. The number of nitriles is 1. The van der Waals surface area contributed by atoms with E-state index in [-0.39, 0.29) is 35.4 Å². The van der Waals surface area contributed by atoms with Crippen molar-refractivity contribution in [2.45, 2.75) is 25.9 Å². The predicted molar refractivity (Wildman–Crippen MR) is 92.1 cm³/mol. The zero-order chi connectivity index (χ0) is 20.9. The number of nitrogens with one attached hydrogen (secondary N) is 3. The number of aromatic amines is 2. The van der Waals surface area contributed by atoms with Gasteiger partial charge in [-0.05, 0) is 31.5 Å². The van der Waals surface area contributed by atoms with Gasteiger partial charge in [-0.3, -0.25) is 14.6 Å². The van der Waals surface area contributed by atoms with Gasteiger partial charge >= 0.3 is 11.9 Å². The number of carbonyl (C=O) groups is 1. The van der Waals surface area contributed by atoms with E-state index in [9.17, 15) is 27.6 Å². The number of H-pyrrole nitrogens is 2. The smallest absolute Gasteiger partial charge is 0.422 e. The Balaban J connectivity index is 2.03. The van der Waals surface area contributed by atoms with E-state index in [0.29, 0.717) is 5.69 Å². The van der Waals surface area contributed by atoms with Gasteiger partial charge < -0.3 is 15.0 Å². The van der Waals surface area contributed by atoms with E-state index in [2.05, 4.69) is 20.0 Å². The first kappa shape index (κ1) is 20.8. The maximum Gasteiger partial charge on any atom is 0.422 e. The topological polar surface area (TPSA) is 128 Å². The first-order chi connectivity index (χ1) is 13.1. The predicted octanol–water partition coefficient (Wildman–Crippen LogP) is 1.76. The lowest BCUT2D eigenvalue weighted by Gasteiger charge is -2.12. The Morgan fingerprint density at radius 1 is 1.29 bits per heavy atom. The number of alkyl halides is 3. The van der Waals surface area contributed by atoms with Crippen molar-refractivity contribution < 1.29 is 22.7 Å². The summed E-state index contributed by atoms with van der Waals surface area (Å²) < 4.78 is 41.2. The van der Waals surface area contributed by atoms with Crippen molar-refractivity contribution >= 4 is 11.6 Å². The number of aromatic nitrogens is 2. The molecule has 0 unspecified atom stereocenters. The van der Waals surface area contributed by atoms with E-state index < -0.39 is 29.9 Å². The number of ether oxygens (including phenoxy) is 1. The van der Waals surface area contributed by atoms with Crippen molar-refractivity contribution in [3.05, 3.63) is 55.9 Å². The Bertz CT molecular complexity index is 1030. The van der Waals surface area contributed by atoms with Gasteiger partial charge in [0.15, 0.2) is 6.61 Å². The van der Waals surface area contributed by atoms with Crippen LogP contribution in [0.15, 0.2) is 27.8 Å². The van der Waals surface area contributed by atoms with Gasteiger partial charge in [0.2, 0.25) is 5.91 Å². The first-order valence-corrected chi connectivity index (χ1v) is 7.94. The number of anilines is 1. The molecule has 0 aliphatic heterocycles. The number of nitrogens with zero attached hydrogens (tertiary/aromatic N) is 1. The number of benzene rings is 1. The van der Waals surface area contributed by atoms with Gasteiger partial charge in [-0.15, -0.1) is 0 Å². The van der Waals surface area contributed by atoms with Crippen LogP contribution in [-0.2, 0) is 11.2 Å². The van der Waals surface area contributed by atoms with E-state index >= 15 is 0 Å². The minimum absolute atomic E-state index is 0.0572. The molecule has 2 rings (SSSR count). The summed E-state index contributed by atoms with van der Waals surface area (Å²) in [5.74, 6) is -0.744. The van der Waals surface area contributed by atoms with Gasteiger partial charge in [0.05, 0.1) is 5.56 Å². The summed E-state index contributed by atoms with van der Waals surface area (Å²) in [4.78, 5) is 39.4. The van der Waals surface area contributed by atoms with Crippen LogP contribution in [-0.4, -0.2) is 28.7 Å². The molecule has 0 fully saturated rings. The van der Waals surface area contributed by atoms with E-state index in [1.54, 1.807) is 6.07 Å². The fourth-order valence-electron chi connectivity index (χ4n) is 2.37. The van der Waals surface area contributed by atoms with E-state index in [4.69, 9.17) is 5.26 Å². The number of aryl methyl sites for hydroxylation is 1. The van der Waals surface area contributed by atoms with Gasteiger partial charge in [-0.25, -0.2) is 4.79 Å². The number of hydrogen-bond donors (Lipinski definition) is 3. The molecule has 0 spiro atoms. The third-order valence-electron chi connectivity index (χ3n) is 3.63. The monoisotopic (exact) mass is 396 g/mol. The molecule has 0 saturated carbocycles. The summed E-state index contributed by atoms with van der Waals surface area (Å²) >= 11 is 0. The van der Waals surface area contributed by atoms with Gasteiger partial charge in [0.25, 0.3) is 5.56 Å². The van der Waals surface area contributed by atoms with Crippen LogP contribution in [0.4, 0.5) is 18.9 Å². The average Bonchev–Trinajstić information content (AvgIpc) is 2.58.